The van der Waals surface area contributed by atoms with Gasteiger partial charge in [-0.15, -0.1) is 0 Å². The lowest BCUT2D eigenvalue weighted by molar-refractivity contribution is -0.384. The topological polar surface area (TPSA) is 104 Å². The average Bonchev–Trinajstić information content (AvgIpc) is 2.49. The second-order valence-corrected chi connectivity index (χ2v) is 4.21. The van der Waals surface area contributed by atoms with Crippen LogP contribution in [0.1, 0.15) is 30.3 Å². The number of pyridine rings is 1. The van der Waals surface area contributed by atoms with Crippen LogP contribution in [0.15, 0.2) is 12.1 Å². The number of anilines is 1. The van der Waals surface area contributed by atoms with Crippen molar-refractivity contribution in [2.24, 2.45) is 0 Å². The Kier molecular flexibility index (Phi) is 7.10. The molecule has 0 radical (unpaired) electrons. The first-order chi connectivity index (χ1) is 10.1. The van der Waals surface area contributed by atoms with Crippen LogP contribution in [0, 0.1) is 10.1 Å². The minimum absolute atomic E-state index is 0.0211. The van der Waals surface area contributed by atoms with E-state index in [1.54, 1.807) is 0 Å². The maximum absolute atomic E-state index is 11.4. The summed E-state index contributed by atoms with van der Waals surface area (Å²) in [4.78, 5) is 25.7. The molecule has 0 aliphatic heterocycles. The standard InChI is InChI=1S/C13H19N3O5/c1-3-8-21-9-4-7-14-12-11(16(18)19)6-5-10(15-12)13(17)20-2/h5-6H,3-4,7-9H2,1-2H3,(H,14,15). The number of carbonyl (C=O) groups excluding carboxylic acids is 1. The number of nitro groups is 1. The molecule has 8 heteroatoms. The molecule has 1 heterocycles. The van der Waals surface area contributed by atoms with Gasteiger partial charge in [-0.2, -0.15) is 0 Å². The fourth-order valence-corrected chi connectivity index (χ4v) is 1.57. The van der Waals surface area contributed by atoms with Crippen LogP contribution in [0.5, 0.6) is 0 Å². The highest BCUT2D eigenvalue weighted by molar-refractivity contribution is 5.88. The Bertz CT molecular complexity index is 493. The van der Waals surface area contributed by atoms with Gasteiger partial charge in [-0.3, -0.25) is 10.1 Å². The summed E-state index contributed by atoms with van der Waals surface area (Å²) in [5.74, 6) is -0.586. The van der Waals surface area contributed by atoms with E-state index >= 15 is 0 Å². The van der Waals surface area contributed by atoms with Gasteiger partial charge in [0.25, 0.3) is 0 Å². The van der Waals surface area contributed by atoms with E-state index in [1.807, 2.05) is 6.92 Å². The first-order valence-corrected chi connectivity index (χ1v) is 6.65. The molecule has 0 saturated carbocycles. The van der Waals surface area contributed by atoms with Crippen LogP contribution in [-0.2, 0) is 9.47 Å². The van der Waals surface area contributed by atoms with Crippen LogP contribution in [0.2, 0.25) is 0 Å². The monoisotopic (exact) mass is 297 g/mol. The van der Waals surface area contributed by atoms with Gasteiger partial charge in [-0.05, 0) is 18.9 Å². The Balaban J connectivity index is 2.68. The van der Waals surface area contributed by atoms with Crippen LogP contribution in [0.4, 0.5) is 11.5 Å². The summed E-state index contributed by atoms with van der Waals surface area (Å²) >= 11 is 0. The summed E-state index contributed by atoms with van der Waals surface area (Å²) < 4.78 is 9.85. The molecule has 0 aliphatic rings. The van der Waals surface area contributed by atoms with E-state index < -0.39 is 10.9 Å². The van der Waals surface area contributed by atoms with Gasteiger partial charge >= 0.3 is 11.7 Å². The van der Waals surface area contributed by atoms with E-state index in [9.17, 15) is 14.9 Å². The van der Waals surface area contributed by atoms with Gasteiger partial charge in [-0.25, -0.2) is 9.78 Å². The summed E-state index contributed by atoms with van der Waals surface area (Å²) in [6.07, 6.45) is 1.63. The minimum atomic E-state index is -0.640. The zero-order chi connectivity index (χ0) is 15.7. The third-order valence-electron chi connectivity index (χ3n) is 2.57. The van der Waals surface area contributed by atoms with Crippen LogP contribution >= 0.6 is 0 Å². The molecule has 0 saturated heterocycles. The molecule has 0 aliphatic carbocycles. The van der Waals surface area contributed by atoms with Crippen molar-refractivity contribution in [2.75, 3.05) is 32.2 Å². The second-order valence-electron chi connectivity index (χ2n) is 4.21. The van der Waals surface area contributed by atoms with E-state index in [4.69, 9.17) is 4.74 Å². The number of hydrogen-bond acceptors (Lipinski definition) is 7. The van der Waals surface area contributed by atoms with E-state index in [-0.39, 0.29) is 17.2 Å². The third kappa shape index (κ3) is 5.35. The van der Waals surface area contributed by atoms with Gasteiger partial charge in [0.15, 0.2) is 5.69 Å². The number of ether oxygens (including phenoxy) is 2. The predicted octanol–water partition coefficient (Wildman–Crippen LogP) is 2.00. The molecule has 0 unspecified atom stereocenters. The van der Waals surface area contributed by atoms with Crippen molar-refractivity contribution in [3.8, 4) is 0 Å². The zero-order valence-corrected chi connectivity index (χ0v) is 12.1. The maximum atomic E-state index is 11.4. The molecule has 1 N–H and O–H groups in total. The molecule has 0 aromatic carbocycles. The Hall–Kier alpha value is -2.22. The van der Waals surface area contributed by atoms with E-state index in [0.29, 0.717) is 26.2 Å². The highest BCUT2D eigenvalue weighted by atomic mass is 16.6. The first-order valence-electron chi connectivity index (χ1n) is 6.65. The van der Waals surface area contributed by atoms with Crippen LogP contribution < -0.4 is 5.32 Å². The molecular weight excluding hydrogens is 278 g/mol. The zero-order valence-electron chi connectivity index (χ0n) is 12.1. The van der Waals surface area contributed by atoms with Crippen LogP contribution in [0.3, 0.4) is 0 Å². The number of rotatable bonds is 9. The maximum Gasteiger partial charge on any atom is 0.356 e. The van der Waals surface area contributed by atoms with Gasteiger partial charge in [0.05, 0.1) is 12.0 Å². The van der Waals surface area contributed by atoms with Crippen molar-refractivity contribution in [2.45, 2.75) is 19.8 Å². The van der Waals surface area contributed by atoms with Crippen LogP contribution in [0.25, 0.3) is 0 Å². The summed E-state index contributed by atoms with van der Waals surface area (Å²) in [6, 6.07) is 2.49. The van der Waals surface area contributed by atoms with Crippen molar-refractivity contribution in [1.29, 1.82) is 0 Å². The largest absolute Gasteiger partial charge is 0.464 e. The molecule has 0 fully saturated rings. The average molecular weight is 297 g/mol. The Morgan fingerprint density at radius 3 is 2.81 bits per heavy atom. The normalized spacial score (nSPS) is 10.2. The molecule has 0 amide bonds. The molecule has 1 rings (SSSR count). The summed E-state index contributed by atoms with van der Waals surface area (Å²) in [6.45, 7) is 3.73. The number of nitrogens with one attached hydrogen (secondary N) is 1. The highest BCUT2D eigenvalue weighted by Crippen LogP contribution is 2.22. The smallest absolute Gasteiger partial charge is 0.356 e. The quantitative estimate of drug-likeness (QED) is 0.322. The van der Waals surface area contributed by atoms with Crippen LogP contribution in [-0.4, -0.2) is 42.7 Å². The number of methoxy groups -OCH3 is 1. The molecule has 1 aromatic rings. The van der Waals surface area contributed by atoms with Gasteiger partial charge in [0, 0.05) is 25.8 Å². The Morgan fingerprint density at radius 2 is 2.19 bits per heavy atom. The number of nitrogens with zero attached hydrogens (tertiary/aromatic N) is 2. The fourth-order valence-electron chi connectivity index (χ4n) is 1.57. The van der Waals surface area contributed by atoms with Gasteiger partial charge in [0.1, 0.15) is 0 Å². The van der Waals surface area contributed by atoms with Crippen molar-refractivity contribution in [3.05, 3.63) is 27.9 Å². The first kappa shape index (κ1) is 16.8. The van der Waals surface area contributed by atoms with Crippen molar-refractivity contribution < 1.29 is 19.2 Å². The van der Waals surface area contributed by atoms with E-state index in [2.05, 4.69) is 15.0 Å². The van der Waals surface area contributed by atoms with Crippen molar-refractivity contribution in [3.63, 3.8) is 0 Å². The molecule has 1 aromatic heterocycles. The molecule has 0 bridgehead atoms. The number of aromatic nitrogens is 1. The van der Waals surface area contributed by atoms with Gasteiger partial charge in [-0.1, -0.05) is 6.92 Å². The third-order valence-corrected chi connectivity index (χ3v) is 2.57. The second kappa shape index (κ2) is 8.85. The number of carbonyl (C=O) groups is 1. The summed E-state index contributed by atoms with van der Waals surface area (Å²) in [7, 11) is 1.23. The minimum Gasteiger partial charge on any atom is -0.464 e. The van der Waals surface area contributed by atoms with Gasteiger partial charge in [0.2, 0.25) is 5.82 Å². The molecule has 0 atom stereocenters. The predicted molar refractivity (Wildman–Crippen MR) is 76.4 cm³/mol. The Labute approximate surface area is 122 Å². The molecule has 8 nitrogen and oxygen atoms in total. The summed E-state index contributed by atoms with van der Waals surface area (Å²) in [5, 5.41) is 13.8. The molecule has 21 heavy (non-hydrogen) atoms. The molecular formula is C13H19N3O5. The van der Waals surface area contributed by atoms with E-state index in [1.165, 1.54) is 19.2 Å². The lowest BCUT2D eigenvalue weighted by atomic mass is 10.3. The molecule has 0 spiro atoms. The number of esters is 1. The Morgan fingerprint density at radius 1 is 1.43 bits per heavy atom. The van der Waals surface area contributed by atoms with Crippen molar-refractivity contribution >= 4 is 17.5 Å². The highest BCUT2D eigenvalue weighted by Gasteiger charge is 2.18. The van der Waals surface area contributed by atoms with Gasteiger partial charge < -0.3 is 14.8 Å². The van der Waals surface area contributed by atoms with Crippen molar-refractivity contribution in [1.82, 2.24) is 4.98 Å². The lowest BCUT2D eigenvalue weighted by Crippen LogP contribution is -2.12. The SMILES string of the molecule is CCCOCCCNc1nc(C(=O)OC)ccc1[N+](=O)[O-]. The molecule has 116 valence electrons. The summed E-state index contributed by atoms with van der Waals surface area (Å²) in [5.41, 5.74) is -0.162. The number of hydrogen-bond donors (Lipinski definition) is 1. The fraction of sp³-hybridized carbons (Fsp3) is 0.538. The lowest BCUT2D eigenvalue weighted by Gasteiger charge is -2.08. The van der Waals surface area contributed by atoms with E-state index in [0.717, 1.165) is 6.42 Å².